The number of hydrogen-bond acceptors (Lipinski definition) is 4. The second-order valence-corrected chi connectivity index (χ2v) is 12.3. The summed E-state index contributed by atoms with van der Waals surface area (Å²) in [6, 6.07) is 39.8. The molecule has 5 aromatic carbocycles. The summed E-state index contributed by atoms with van der Waals surface area (Å²) in [5, 5.41) is 8.43. The average Bonchev–Trinajstić information content (AvgIpc) is 3.05. The molecule has 1 unspecified atom stereocenters. The van der Waals surface area contributed by atoms with Gasteiger partial charge >= 0.3 is 0 Å². The highest BCUT2D eigenvalue weighted by Crippen LogP contribution is 2.37. The van der Waals surface area contributed by atoms with Crippen LogP contribution in [0.5, 0.6) is 0 Å². The maximum Gasteiger partial charge on any atom is 0.272 e. The van der Waals surface area contributed by atoms with E-state index in [9.17, 15) is 14.4 Å². The zero-order valence-electron chi connectivity index (χ0n) is 23.7. The predicted octanol–water partition coefficient (Wildman–Crippen LogP) is 8.98. The molecule has 5 aromatic rings. The van der Waals surface area contributed by atoms with Crippen LogP contribution < -0.4 is 16.0 Å². The molecule has 1 atom stereocenters. The number of hydrogen-bond donors (Lipinski definition) is 3. The number of nitrogens with one attached hydrogen (secondary N) is 3. The number of rotatable bonds is 10. The number of carbonyl (C=O) groups is 3. The van der Waals surface area contributed by atoms with Crippen LogP contribution in [-0.2, 0) is 9.59 Å². The first kappa shape index (κ1) is 31.8. The first-order valence-electron chi connectivity index (χ1n) is 13.9. The molecule has 45 heavy (non-hydrogen) atoms. The van der Waals surface area contributed by atoms with Gasteiger partial charge in [-0.2, -0.15) is 0 Å². The summed E-state index contributed by atoms with van der Waals surface area (Å²) in [6.45, 7) is 0. The third-order valence-electron chi connectivity index (χ3n) is 6.51. The molecule has 3 N–H and O–H groups in total. The lowest BCUT2D eigenvalue weighted by atomic mass is 10.1. The van der Waals surface area contributed by atoms with Crippen molar-refractivity contribution >= 4 is 74.5 Å². The molecule has 0 aliphatic carbocycles. The number of anilines is 2. The standard InChI is InChI=1S/C36H27BrClN3O3S/c37-27-16-9-11-24(21-27)22-32(41-34(42)26-14-5-2-6-15-26)35(43)39-28-17-10-18-29(23-28)45-33(25-12-3-1-4-13-25)36(44)40-31-20-8-7-19-30(31)38/h1-23,33H,(H,39,43)(H,40,44)(H,41,42)/b32-22+. The zero-order valence-corrected chi connectivity index (χ0v) is 26.9. The Morgan fingerprint density at radius 3 is 2.16 bits per heavy atom. The summed E-state index contributed by atoms with van der Waals surface area (Å²) in [5.41, 5.74) is 3.05. The van der Waals surface area contributed by atoms with Gasteiger partial charge in [-0.25, -0.2) is 0 Å². The quantitative estimate of drug-likeness (QED) is 0.101. The van der Waals surface area contributed by atoms with Crippen LogP contribution in [-0.4, -0.2) is 17.7 Å². The fourth-order valence-electron chi connectivity index (χ4n) is 4.35. The Balaban J connectivity index is 1.38. The largest absolute Gasteiger partial charge is 0.323 e. The minimum absolute atomic E-state index is 0.0706. The van der Waals surface area contributed by atoms with Crippen LogP contribution in [0.1, 0.15) is 26.7 Å². The van der Waals surface area contributed by atoms with E-state index in [4.69, 9.17) is 11.6 Å². The van der Waals surface area contributed by atoms with Crippen LogP contribution in [0.25, 0.3) is 6.08 Å². The van der Waals surface area contributed by atoms with Gasteiger partial charge in [0.1, 0.15) is 10.9 Å². The summed E-state index contributed by atoms with van der Waals surface area (Å²) in [7, 11) is 0. The lowest BCUT2D eigenvalue weighted by Gasteiger charge is -2.18. The fraction of sp³-hybridized carbons (Fsp3) is 0.0278. The molecule has 0 radical (unpaired) electrons. The van der Waals surface area contributed by atoms with Gasteiger partial charge in [0.2, 0.25) is 5.91 Å². The molecule has 0 aliphatic rings. The van der Waals surface area contributed by atoms with Crippen LogP contribution in [0, 0.1) is 0 Å². The first-order valence-corrected chi connectivity index (χ1v) is 15.9. The Hall–Kier alpha value is -4.63. The van der Waals surface area contributed by atoms with E-state index in [2.05, 4.69) is 31.9 Å². The van der Waals surface area contributed by atoms with E-state index in [1.165, 1.54) is 11.8 Å². The molecule has 9 heteroatoms. The number of thioether (sulfide) groups is 1. The molecule has 0 saturated carbocycles. The van der Waals surface area contributed by atoms with Gasteiger partial charge in [-0.15, -0.1) is 11.8 Å². The second-order valence-electron chi connectivity index (χ2n) is 9.79. The maximum atomic E-state index is 13.6. The van der Waals surface area contributed by atoms with Crippen LogP contribution >= 0.6 is 39.3 Å². The van der Waals surface area contributed by atoms with E-state index in [0.717, 1.165) is 20.5 Å². The van der Waals surface area contributed by atoms with Crippen LogP contribution in [0.3, 0.4) is 0 Å². The van der Waals surface area contributed by atoms with Gasteiger partial charge in [0, 0.05) is 20.6 Å². The van der Waals surface area contributed by atoms with Crippen molar-refractivity contribution in [2.75, 3.05) is 10.6 Å². The summed E-state index contributed by atoms with van der Waals surface area (Å²) in [5.74, 6) is -1.15. The van der Waals surface area contributed by atoms with Crippen LogP contribution in [0.15, 0.2) is 149 Å². The van der Waals surface area contributed by atoms with Gasteiger partial charge in [0.05, 0.1) is 10.7 Å². The average molecular weight is 697 g/mol. The molecule has 0 bridgehead atoms. The molecule has 0 spiro atoms. The summed E-state index contributed by atoms with van der Waals surface area (Å²) >= 11 is 11.1. The van der Waals surface area contributed by atoms with E-state index in [0.29, 0.717) is 22.0 Å². The Kier molecular flexibility index (Phi) is 10.9. The number of halogens is 2. The van der Waals surface area contributed by atoms with Crippen molar-refractivity contribution in [3.8, 4) is 0 Å². The second kappa shape index (κ2) is 15.4. The van der Waals surface area contributed by atoms with Gasteiger partial charge in [-0.3, -0.25) is 14.4 Å². The van der Waals surface area contributed by atoms with Crippen molar-refractivity contribution in [3.63, 3.8) is 0 Å². The Labute approximate surface area is 279 Å². The van der Waals surface area contributed by atoms with Gasteiger partial charge in [0.25, 0.3) is 11.8 Å². The summed E-state index contributed by atoms with van der Waals surface area (Å²) < 4.78 is 0.835. The monoisotopic (exact) mass is 695 g/mol. The normalized spacial score (nSPS) is 11.7. The fourth-order valence-corrected chi connectivity index (χ4v) is 6.03. The smallest absolute Gasteiger partial charge is 0.272 e. The minimum Gasteiger partial charge on any atom is -0.323 e. The van der Waals surface area contributed by atoms with Gasteiger partial charge in [-0.1, -0.05) is 106 Å². The SMILES string of the molecule is O=C(Nc1cccc(SC(C(=O)Nc2ccccc2Cl)c2ccccc2)c1)/C(=C\c1cccc(Br)c1)NC(=O)c1ccccc1. The zero-order chi connectivity index (χ0) is 31.6. The molecule has 224 valence electrons. The van der Waals surface area contributed by atoms with E-state index >= 15 is 0 Å². The van der Waals surface area contributed by atoms with Crippen molar-refractivity contribution in [3.05, 3.63) is 165 Å². The van der Waals surface area contributed by atoms with Crippen molar-refractivity contribution < 1.29 is 14.4 Å². The van der Waals surface area contributed by atoms with Crippen LogP contribution in [0.2, 0.25) is 5.02 Å². The van der Waals surface area contributed by atoms with E-state index in [1.54, 1.807) is 72.8 Å². The molecule has 3 amide bonds. The molecule has 0 fully saturated rings. The molecular weight excluding hydrogens is 670 g/mol. The Morgan fingerprint density at radius 2 is 1.42 bits per heavy atom. The highest BCUT2D eigenvalue weighted by molar-refractivity contribution is 9.10. The van der Waals surface area contributed by atoms with Gasteiger partial charge in [0.15, 0.2) is 0 Å². The Bertz CT molecular complexity index is 1850. The van der Waals surface area contributed by atoms with Crippen molar-refractivity contribution in [2.24, 2.45) is 0 Å². The first-order chi connectivity index (χ1) is 21.9. The molecule has 0 aromatic heterocycles. The van der Waals surface area contributed by atoms with Crippen LogP contribution in [0.4, 0.5) is 11.4 Å². The maximum absolute atomic E-state index is 13.6. The Morgan fingerprint density at radius 1 is 0.733 bits per heavy atom. The van der Waals surface area contributed by atoms with Crippen molar-refractivity contribution in [1.82, 2.24) is 5.32 Å². The third-order valence-corrected chi connectivity index (χ3v) is 8.58. The van der Waals surface area contributed by atoms with E-state index < -0.39 is 17.1 Å². The number of carbonyl (C=O) groups excluding carboxylic acids is 3. The minimum atomic E-state index is -0.606. The molecule has 0 aliphatic heterocycles. The highest BCUT2D eigenvalue weighted by atomic mass is 79.9. The van der Waals surface area contributed by atoms with Crippen molar-refractivity contribution in [2.45, 2.75) is 10.1 Å². The number of para-hydroxylation sites is 1. The highest BCUT2D eigenvalue weighted by Gasteiger charge is 2.23. The molecule has 6 nitrogen and oxygen atoms in total. The predicted molar refractivity (Wildman–Crippen MR) is 186 cm³/mol. The summed E-state index contributed by atoms with van der Waals surface area (Å²) in [6.07, 6.45) is 1.62. The third kappa shape index (κ3) is 8.95. The van der Waals surface area contributed by atoms with Crippen molar-refractivity contribution in [1.29, 1.82) is 0 Å². The topological polar surface area (TPSA) is 87.3 Å². The number of benzene rings is 5. The molecular formula is C36H27BrClN3O3S. The molecule has 0 heterocycles. The van der Waals surface area contributed by atoms with E-state index in [-0.39, 0.29) is 11.6 Å². The lowest BCUT2D eigenvalue weighted by Crippen LogP contribution is -2.30. The molecule has 5 rings (SSSR count). The van der Waals surface area contributed by atoms with E-state index in [1.807, 2.05) is 66.7 Å². The van der Waals surface area contributed by atoms with Gasteiger partial charge < -0.3 is 16.0 Å². The number of amides is 3. The lowest BCUT2D eigenvalue weighted by molar-refractivity contribution is -0.116. The van der Waals surface area contributed by atoms with Gasteiger partial charge in [-0.05, 0) is 71.8 Å². The molecule has 0 saturated heterocycles. The summed E-state index contributed by atoms with van der Waals surface area (Å²) in [4.78, 5) is 40.9.